The molecule has 5 rings (SSSR count). The quantitative estimate of drug-likeness (QED) is 0.681. The molecule has 1 saturated heterocycles. The maximum Gasteiger partial charge on any atom is 0.276 e. The van der Waals surface area contributed by atoms with Crippen molar-refractivity contribution < 1.29 is 13.6 Å². The van der Waals surface area contributed by atoms with Crippen LogP contribution in [0.4, 0.5) is 8.78 Å². The smallest absolute Gasteiger partial charge is 0.276 e. The van der Waals surface area contributed by atoms with Gasteiger partial charge in [-0.05, 0) is 44.0 Å². The Morgan fingerprint density at radius 2 is 1.93 bits per heavy atom. The van der Waals surface area contributed by atoms with E-state index in [4.69, 9.17) is 0 Å². The zero-order valence-electron chi connectivity index (χ0n) is 15.4. The number of hydrogen-bond donors (Lipinski definition) is 0. The highest BCUT2D eigenvalue weighted by molar-refractivity contribution is 5.93. The molecule has 3 heterocycles. The summed E-state index contributed by atoms with van der Waals surface area (Å²) in [5.74, 6) is -2.81. The van der Waals surface area contributed by atoms with Crippen molar-refractivity contribution in [3.8, 4) is 5.69 Å². The standard InChI is InChI=1S/C20H19F2N5O/c1-13-17(18(28)26-9-6-19(7-10-26)12-20(19,21)22)24-25-27(13)15-4-5-16-14(11-15)3-2-8-23-16/h2-5,8,11H,6-7,9-10,12H2,1H3. The Morgan fingerprint density at radius 3 is 2.64 bits per heavy atom. The number of pyridine rings is 1. The number of likely N-dealkylation sites (tertiary alicyclic amines) is 1. The fourth-order valence-electron chi connectivity index (χ4n) is 4.18. The van der Waals surface area contributed by atoms with Crippen molar-refractivity contribution >= 4 is 16.8 Å². The normalized spacial score (nSPS) is 19.9. The second kappa shape index (κ2) is 5.80. The molecule has 1 aliphatic carbocycles. The number of piperidine rings is 1. The van der Waals surface area contributed by atoms with E-state index in [0.717, 1.165) is 16.6 Å². The lowest BCUT2D eigenvalue weighted by Crippen LogP contribution is -2.40. The minimum Gasteiger partial charge on any atom is -0.337 e. The van der Waals surface area contributed by atoms with Crippen molar-refractivity contribution in [2.75, 3.05) is 13.1 Å². The molecule has 0 radical (unpaired) electrons. The molecule has 28 heavy (non-hydrogen) atoms. The van der Waals surface area contributed by atoms with Crippen LogP contribution in [-0.2, 0) is 0 Å². The monoisotopic (exact) mass is 383 g/mol. The molecule has 1 spiro atoms. The highest BCUT2D eigenvalue weighted by atomic mass is 19.3. The van der Waals surface area contributed by atoms with Crippen molar-refractivity contribution in [2.24, 2.45) is 5.41 Å². The summed E-state index contributed by atoms with van der Waals surface area (Å²) >= 11 is 0. The van der Waals surface area contributed by atoms with E-state index in [2.05, 4.69) is 15.3 Å². The van der Waals surface area contributed by atoms with E-state index in [-0.39, 0.29) is 18.0 Å². The van der Waals surface area contributed by atoms with Crippen molar-refractivity contribution in [1.29, 1.82) is 0 Å². The molecule has 2 fully saturated rings. The van der Waals surface area contributed by atoms with E-state index >= 15 is 0 Å². The van der Waals surface area contributed by atoms with Crippen molar-refractivity contribution in [3.63, 3.8) is 0 Å². The third-order valence-electron chi connectivity index (χ3n) is 6.15. The van der Waals surface area contributed by atoms with Crippen molar-refractivity contribution in [1.82, 2.24) is 24.9 Å². The van der Waals surface area contributed by atoms with Gasteiger partial charge in [0.2, 0.25) is 0 Å². The number of amides is 1. The van der Waals surface area contributed by atoms with Gasteiger partial charge < -0.3 is 4.90 Å². The van der Waals surface area contributed by atoms with Crippen LogP contribution in [0.15, 0.2) is 36.5 Å². The van der Waals surface area contributed by atoms with Crippen LogP contribution in [-0.4, -0.2) is 49.8 Å². The molecule has 1 saturated carbocycles. The third-order valence-corrected chi connectivity index (χ3v) is 6.15. The number of aromatic nitrogens is 4. The van der Waals surface area contributed by atoms with Gasteiger partial charge in [-0.25, -0.2) is 13.5 Å². The summed E-state index contributed by atoms with van der Waals surface area (Å²) < 4.78 is 28.7. The van der Waals surface area contributed by atoms with Gasteiger partial charge in [0.25, 0.3) is 11.8 Å². The summed E-state index contributed by atoms with van der Waals surface area (Å²) in [4.78, 5) is 18.8. The zero-order valence-corrected chi connectivity index (χ0v) is 15.4. The van der Waals surface area contributed by atoms with E-state index in [9.17, 15) is 13.6 Å². The zero-order chi connectivity index (χ0) is 19.5. The Morgan fingerprint density at radius 1 is 1.18 bits per heavy atom. The third kappa shape index (κ3) is 2.51. The Labute approximate surface area is 160 Å². The maximum absolute atomic E-state index is 13.6. The average molecular weight is 383 g/mol. The summed E-state index contributed by atoms with van der Waals surface area (Å²) in [5.41, 5.74) is 1.68. The van der Waals surface area contributed by atoms with Gasteiger partial charge in [-0.15, -0.1) is 5.10 Å². The molecule has 2 aromatic heterocycles. The largest absolute Gasteiger partial charge is 0.337 e. The lowest BCUT2D eigenvalue weighted by molar-refractivity contribution is 0.0282. The first-order valence-corrected chi connectivity index (χ1v) is 9.35. The fourth-order valence-corrected chi connectivity index (χ4v) is 4.18. The molecule has 144 valence electrons. The number of hydrogen-bond acceptors (Lipinski definition) is 4. The maximum atomic E-state index is 13.6. The Kier molecular flexibility index (Phi) is 3.56. The van der Waals surface area contributed by atoms with Crippen LogP contribution in [0.25, 0.3) is 16.6 Å². The SMILES string of the molecule is Cc1c(C(=O)N2CCC3(CC2)CC3(F)F)nnn1-c1ccc2ncccc2c1. The topological polar surface area (TPSA) is 63.9 Å². The number of carbonyl (C=O) groups is 1. The van der Waals surface area contributed by atoms with Crippen LogP contribution in [0, 0.1) is 12.3 Å². The molecule has 2 aliphatic rings. The van der Waals surface area contributed by atoms with Gasteiger partial charge in [0.05, 0.1) is 16.9 Å². The number of halogens is 2. The summed E-state index contributed by atoms with van der Waals surface area (Å²) in [6.07, 6.45) is 2.38. The first kappa shape index (κ1) is 17.2. The van der Waals surface area contributed by atoms with E-state index < -0.39 is 11.3 Å². The number of carbonyl (C=O) groups excluding carboxylic acids is 1. The van der Waals surface area contributed by atoms with Crippen LogP contribution < -0.4 is 0 Å². The molecular formula is C20H19F2N5O. The molecular weight excluding hydrogens is 364 g/mol. The van der Waals surface area contributed by atoms with Gasteiger partial charge in [-0.1, -0.05) is 11.3 Å². The lowest BCUT2D eigenvalue weighted by atomic mass is 9.92. The molecule has 6 nitrogen and oxygen atoms in total. The minimum absolute atomic E-state index is 0.0476. The highest BCUT2D eigenvalue weighted by Crippen LogP contribution is 2.65. The van der Waals surface area contributed by atoms with Crippen LogP contribution >= 0.6 is 0 Å². The summed E-state index contributed by atoms with van der Waals surface area (Å²) in [6, 6.07) is 9.54. The van der Waals surface area contributed by atoms with E-state index in [1.165, 1.54) is 0 Å². The van der Waals surface area contributed by atoms with Crippen molar-refractivity contribution in [3.05, 3.63) is 47.9 Å². The van der Waals surface area contributed by atoms with E-state index in [0.29, 0.717) is 31.6 Å². The second-order valence-corrected chi connectivity index (χ2v) is 7.77. The van der Waals surface area contributed by atoms with E-state index in [1.807, 2.05) is 30.3 Å². The number of alkyl halides is 2. The summed E-state index contributed by atoms with van der Waals surface area (Å²) in [7, 11) is 0. The minimum atomic E-state index is -2.56. The van der Waals surface area contributed by atoms with Gasteiger partial charge in [0.1, 0.15) is 0 Å². The van der Waals surface area contributed by atoms with Gasteiger partial charge in [-0.2, -0.15) is 0 Å². The van der Waals surface area contributed by atoms with Crippen molar-refractivity contribution in [2.45, 2.75) is 32.1 Å². The molecule has 1 aromatic carbocycles. The van der Waals surface area contributed by atoms with Crippen LogP contribution in [0.1, 0.15) is 35.4 Å². The van der Waals surface area contributed by atoms with Crippen LogP contribution in [0.5, 0.6) is 0 Å². The van der Waals surface area contributed by atoms with Gasteiger partial charge >= 0.3 is 0 Å². The predicted octanol–water partition coefficient (Wildman–Crippen LogP) is 3.39. The van der Waals surface area contributed by atoms with Gasteiger partial charge in [0.15, 0.2) is 5.69 Å². The van der Waals surface area contributed by atoms with Gasteiger partial charge in [-0.3, -0.25) is 9.78 Å². The van der Waals surface area contributed by atoms with Crippen LogP contribution in [0.3, 0.4) is 0 Å². The predicted molar refractivity (Wildman–Crippen MR) is 98.5 cm³/mol. The average Bonchev–Trinajstić information content (AvgIpc) is 3.02. The van der Waals surface area contributed by atoms with E-state index in [1.54, 1.807) is 22.7 Å². The lowest BCUT2D eigenvalue weighted by Gasteiger charge is -2.31. The van der Waals surface area contributed by atoms with Gasteiger partial charge in [0, 0.05) is 36.5 Å². The summed E-state index contributed by atoms with van der Waals surface area (Å²) in [6.45, 7) is 2.46. The second-order valence-electron chi connectivity index (χ2n) is 7.77. The number of benzene rings is 1. The Bertz CT molecular complexity index is 1090. The molecule has 0 bridgehead atoms. The number of nitrogens with zero attached hydrogens (tertiary/aromatic N) is 5. The highest BCUT2D eigenvalue weighted by Gasteiger charge is 2.70. The fraction of sp³-hybridized carbons (Fsp3) is 0.400. The molecule has 0 atom stereocenters. The molecule has 0 unspecified atom stereocenters. The van der Waals surface area contributed by atoms with Crippen LogP contribution in [0.2, 0.25) is 0 Å². The molecule has 3 aromatic rings. The number of rotatable bonds is 2. The Hall–Kier alpha value is -2.90. The molecule has 1 amide bonds. The molecule has 8 heteroatoms. The summed E-state index contributed by atoms with van der Waals surface area (Å²) in [5, 5.41) is 9.20. The molecule has 0 N–H and O–H groups in total. The first-order valence-electron chi connectivity index (χ1n) is 9.35. The Balaban J connectivity index is 1.38. The first-order chi connectivity index (χ1) is 13.4. The molecule has 1 aliphatic heterocycles. The number of fused-ring (bicyclic) bond motifs is 1.